The molecule has 15 heteroatoms. The third kappa shape index (κ3) is 8.91. The molecule has 1 aromatic rings. The largest absolute Gasteiger partial charge is 0.480 e. The molecular weight excluding hydrogens is 446 g/mol. The Morgan fingerprint density at radius 1 is 1.06 bits per heavy atom. The van der Waals surface area contributed by atoms with Gasteiger partial charge in [0, 0.05) is 30.5 Å². The Morgan fingerprint density at radius 3 is 2.16 bits per heavy atom. The Hall–Kier alpha value is -3.17. The summed E-state index contributed by atoms with van der Waals surface area (Å²) in [5.41, 5.74) is 11.3. The highest BCUT2D eigenvalue weighted by atomic mass is 32.1. The van der Waals surface area contributed by atoms with E-state index in [0.29, 0.717) is 5.69 Å². The van der Waals surface area contributed by atoms with Crippen molar-refractivity contribution >= 4 is 42.2 Å². The summed E-state index contributed by atoms with van der Waals surface area (Å²) in [7, 11) is 0. The second-order valence-electron chi connectivity index (χ2n) is 6.78. The molecule has 0 aliphatic heterocycles. The van der Waals surface area contributed by atoms with Gasteiger partial charge in [-0.3, -0.25) is 19.2 Å². The molecule has 32 heavy (non-hydrogen) atoms. The van der Waals surface area contributed by atoms with Crippen LogP contribution in [0.15, 0.2) is 12.5 Å². The zero-order valence-electron chi connectivity index (χ0n) is 17.0. The summed E-state index contributed by atoms with van der Waals surface area (Å²) >= 11 is 3.99. The molecule has 1 heterocycles. The summed E-state index contributed by atoms with van der Waals surface area (Å²) in [6.45, 7) is -0.851. The lowest BCUT2D eigenvalue weighted by Crippen LogP contribution is -2.58. The number of primary amides is 1. The summed E-state index contributed by atoms with van der Waals surface area (Å²) in [6, 6.07) is -5.12. The zero-order valence-corrected chi connectivity index (χ0v) is 17.9. The average Bonchev–Trinajstić information content (AvgIpc) is 3.25. The number of aliphatic hydroxyl groups is 1. The number of hydrogen-bond acceptors (Lipinski definition) is 9. The van der Waals surface area contributed by atoms with Crippen molar-refractivity contribution in [3.8, 4) is 0 Å². The van der Waals surface area contributed by atoms with Gasteiger partial charge < -0.3 is 42.6 Å². The number of imidazole rings is 1. The molecule has 4 atom stereocenters. The van der Waals surface area contributed by atoms with Gasteiger partial charge in [0.1, 0.15) is 18.1 Å². The number of aliphatic hydroxyl groups excluding tert-OH is 1. The van der Waals surface area contributed by atoms with E-state index < -0.39 is 60.4 Å². The molecule has 0 saturated carbocycles. The van der Waals surface area contributed by atoms with E-state index in [4.69, 9.17) is 21.7 Å². The van der Waals surface area contributed by atoms with Crippen LogP contribution in [0, 0.1) is 0 Å². The first kappa shape index (κ1) is 26.9. The molecule has 0 fully saturated rings. The summed E-state index contributed by atoms with van der Waals surface area (Å²) in [6.07, 6.45) is 2.62. The van der Waals surface area contributed by atoms with Crippen molar-refractivity contribution in [3.63, 3.8) is 0 Å². The number of aromatic amines is 1. The van der Waals surface area contributed by atoms with Crippen LogP contribution >= 0.6 is 12.6 Å². The predicted octanol–water partition coefficient (Wildman–Crippen LogP) is -3.99. The van der Waals surface area contributed by atoms with Gasteiger partial charge in [-0.05, 0) is 6.42 Å². The fourth-order valence-electron chi connectivity index (χ4n) is 2.46. The second kappa shape index (κ2) is 13.3. The van der Waals surface area contributed by atoms with Gasteiger partial charge in [-0.1, -0.05) is 0 Å². The number of aromatic nitrogens is 2. The Labute approximate surface area is 188 Å². The van der Waals surface area contributed by atoms with Crippen molar-refractivity contribution in [3.05, 3.63) is 18.2 Å². The van der Waals surface area contributed by atoms with E-state index >= 15 is 0 Å². The molecule has 0 saturated heterocycles. The van der Waals surface area contributed by atoms with E-state index in [2.05, 4.69) is 38.5 Å². The Morgan fingerprint density at radius 2 is 1.66 bits per heavy atom. The van der Waals surface area contributed by atoms with Gasteiger partial charge in [0.2, 0.25) is 23.6 Å². The lowest BCUT2D eigenvalue weighted by molar-refractivity contribution is -0.143. The van der Waals surface area contributed by atoms with Gasteiger partial charge in [-0.15, -0.1) is 0 Å². The van der Waals surface area contributed by atoms with Crippen LogP contribution in [0.1, 0.15) is 18.5 Å². The normalized spacial score (nSPS) is 14.5. The molecule has 1 rings (SSSR count). The van der Waals surface area contributed by atoms with E-state index in [1.807, 2.05) is 0 Å². The molecule has 14 nitrogen and oxygen atoms in total. The minimum absolute atomic E-state index is 0.0288. The average molecular weight is 474 g/mol. The number of aliphatic carboxylic acids is 1. The number of carboxylic acids is 1. The molecule has 4 unspecified atom stereocenters. The smallest absolute Gasteiger partial charge is 0.328 e. The first-order valence-electron chi connectivity index (χ1n) is 9.45. The van der Waals surface area contributed by atoms with Crippen LogP contribution < -0.4 is 27.4 Å². The standard InChI is InChI=1S/C17H27N7O7S/c18-9(1-2-13(19)26)14(27)22-10(3-8-4-20-7-21-8)15(28)24-12(6-32)16(29)23-11(5-25)17(30)31/h4,7,9-12,25,32H,1-3,5-6,18H2,(H2,19,26)(H,20,21)(H,22,27)(H,23,29)(H,24,28)(H,30,31). The minimum atomic E-state index is -1.56. The first-order chi connectivity index (χ1) is 15.1. The minimum Gasteiger partial charge on any atom is -0.480 e. The van der Waals surface area contributed by atoms with Crippen molar-refractivity contribution < 1.29 is 34.2 Å². The number of carbonyl (C=O) groups is 5. The van der Waals surface area contributed by atoms with Crippen molar-refractivity contribution in [2.75, 3.05) is 12.4 Å². The zero-order chi connectivity index (χ0) is 24.3. The number of hydrogen-bond donors (Lipinski definition) is 9. The van der Waals surface area contributed by atoms with Crippen molar-refractivity contribution in [1.82, 2.24) is 25.9 Å². The van der Waals surface area contributed by atoms with E-state index in [1.54, 1.807) is 0 Å². The molecule has 0 aliphatic rings. The maximum atomic E-state index is 12.8. The van der Waals surface area contributed by atoms with Crippen LogP contribution in [0.2, 0.25) is 0 Å². The van der Waals surface area contributed by atoms with E-state index in [9.17, 15) is 24.0 Å². The van der Waals surface area contributed by atoms with E-state index in [0.717, 1.165) is 0 Å². The number of H-pyrrole nitrogens is 1. The van der Waals surface area contributed by atoms with Crippen LogP contribution in [0.25, 0.3) is 0 Å². The number of carboxylic acid groups (broad SMARTS) is 1. The molecular formula is C17H27N7O7S. The van der Waals surface area contributed by atoms with Gasteiger partial charge >= 0.3 is 5.97 Å². The van der Waals surface area contributed by atoms with Crippen LogP contribution in [-0.2, 0) is 30.4 Å². The third-order valence-electron chi connectivity index (χ3n) is 4.26. The van der Waals surface area contributed by atoms with Gasteiger partial charge in [-0.2, -0.15) is 12.6 Å². The topological polar surface area (TPSA) is 243 Å². The molecule has 0 bridgehead atoms. The molecule has 0 aliphatic carbocycles. The van der Waals surface area contributed by atoms with Crippen molar-refractivity contribution in [2.24, 2.45) is 11.5 Å². The molecule has 0 spiro atoms. The SMILES string of the molecule is NC(=O)CCC(N)C(=O)NC(Cc1cnc[nH]1)C(=O)NC(CS)C(=O)NC(CO)C(=O)O. The summed E-state index contributed by atoms with van der Waals surface area (Å²) < 4.78 is 0. The fourth-order valence-corrected chi connectivity index (χ4v) is 2.71. The van der Waals surface area contributed by atoms with Crippen LogP contribution in [0.3, 0.4) is 0 Å². The summed E-state index contributed by atoms with van der Waals surface area (Å²) in [5, 5.41) is 24.9. The molecule has 1 aromatic heterocycles. The Bertz CT molecular complexity index is 805. The maximum Gasteiger partial charge on any atom is 0.328 e. The molecule has 10 N–H and O–H groups in total. The lowest BCUT2D eigenvalue weighted by Gasteiger charge is -2.24. The van der Waals surface area contributed by atoms with E-state index in [-0.39, 0.29) is 25.0 Å². The number of amides is 4. The number of nitrogens with one attached hydrogen (secondary N) is 4. The summed E-state index contributed by atoms with van der Waals surface area (Å²) in [5.74, 6) is -4.67. The van der Waals surface area contributed by atoms with Crippen molar-refractivity contribution in [1.29, 1.82) is 0 Å². The third-order valence-corrected chi connectivity index (χ3v) is 4.63. The van der Waals surface area contributed by atoms with Gasteiger partial charge in [-0.25, -0.2) is 9.78 Å². The van der Waals surface area contributed by atoms with Gasteiger partial charge in [0.15, 0.2) is 0 Å². The highest BCUT2D eigenvalue weighted by Gasteiger charge is 2.30. The number of nitrogens with two attached hydrogens (primary N) is 2. The highest BCUT2D eigenvalue weighted by Crippen LogP contribution is 2.03. The van der Waals surface area contributed by atoms with Crippen LogP contribution in [0.5, 0.6) is 0 Å². The fraction of sp³-hybridized carbons (Fsp3) is 0.529. The monoisotopic (exact) mass is 473 g/mol. The Balaban J connectivity index is 2.89. The maximum absolute atomic E-state index is 12.8. The molecule has 4 amide bonds. The Kier molecular flexibility index (Phi) is 11.2. The number of rotatable bonds is 14. The second-order valence-corrected chi connectivity index (χ2v) is 7.14. The van der Waals surface area contributed by atoms with Crippen molar-refractivity contribution in [2.45, 2.75) is 43.4 Å². The first-order valence-corrected chi connectivity index (χ1v) is 10.1. The quantitative estimate of drug-likeness (QED) is 0.119. The van der Waals surface area contributed by atoms with Crippen LogP contribution in [0.4, 0.5) is 0 Å². The van der Waals surface area contributed by atoms with Gasteiger partial charge in [0.05, 0.1) is 19.0 Å². The lowest BCUT2D eigenvalue weighted by atomic mass is 10.1. The predicted molar refractivity (Wildman–Crippen MR) is 113 cm³/mol. The molecule has 0 aromatic carbocycles. The van der Waals surface area contributed by atoms with Crippen LogP contribution in [-0.4, -0.2) is 86.3 Å². The number of nitrogens with zero attached hydrogens (tertiary/aromatic N) is 1. The highest BCUT2D eigenvalue weighted by molar-refractivity contribution is 7.80. The molecule has 0 radical (unpaired) electrons. The van der Waals surface area contributed by atoms with E-state index in [1.165, 1.54) is 12.5 Å². The number of thiol groups is 1. The molecule has 178 valence electrons. The summed E-state index contributed by atoms with van der Waals surface area (Å²) in [4.78, 5) is 65.9. The number of carbonyl (C=O) groups excluding carboxylic acids is 4. The van der Waals surface area contributed by atoms with Gasteiger partial charge in [0.25, 0.3) is 0 Å².